The van der Waals surface area contributed by atoms with Gasteiger partial charge in [0.1, 0.15) is 17.2 Å². The fourth-order valence-corrected chi connectivity index (χ4v) is 10.6. The summed E-state index contributed by atoms with van der Waals surface area (Å²) < 4.78 is 34.9. The van der Waals surface area contributed by atoms with Crippen LogP contribution >= 0.6 is 0 Å². The van der Waals surface area contributed by atoms with E-state index in [4.69, 9.17) is 9.40 Å². The normalized spacial score (nSPS) is 15.1. The second-order valence-electron chi connectivity index (χ2n) is 16.9. The molecule has 2 fully saturated rings. The number of hydrogen-bond donors (Lipinski definition) is 0. The van der Waals surface area contributed by atoms with E-state index >= 15 is 0 Å². The third-order valence-corrected chi connectivity index (χ3v) is 14.0. The van der Waals surface area contributed by atoms with Crippen molar-refractivity contribution in [3.63, 3.8) is 0 Å². The monoisotopic (exact) mass is 953 g/mol. The quantitative estimate of drug-likeness (QED) is 0.118. The predicted molar refractivity (Wildman–Crippen MR) is 229 cm³/mol. The third-order valence-electron chi connectivity index (χ3n) is 11.9. The van der Waals surface area contributed by atoms with Gasteiger partial charge in [0.2, 0.25) is 0 Å². The minimum Gasteiger partial charge on any atom is -0.501 e. The van der Waals surface area contributed by atoms with Gasteiger partial charge in [0.25, 0.3) is 0 Å². The molecule has 0 aliphatic heterocycles. The van der Waals surface area contributed by atoms with Crippen LogP contribution in [0.4, 0.5) is 8.78 Å². The van der Waals surface area contributed by atoms with Gasteiger partial charge >= 0.3 is 0 Å². The Morgan fingerprint density at radius 1 is 0.772 bits per heavy atom. The molecule has 4 aromatic carbocycles. The first kappa shape index (κ1) is 40.9. The van der Waals surface area contributed by atoms with Gasteiger partial charge in [0.05, 0.1) is 19.2 Å². The van der Waals surface area contributed by atoms with Crippen molar-refractivity contribution in [2.45, 2.75) is 96.7 Å². The van der Waals surface area contributed by atoms with Crippen LogP contribution in [0.15, 0.2) is 102 Å². The molecule has 0 saturated heterocycles. The molecular weight excluding hydrogens is 903 g/mol. The number of aromatic nitrogens is 2. The minimum absolute atomic E-state index is 0. The molecule has 9 rings (SSSR count). The maximum Gasteiger partial charge on any atom is 0.133 e. The number of hydrogen-bond acceptors (Lipinski definition) is 3. The van der Waals surface area contributed by atoms with Gasteiger partial charge in [-0.05, 0) is 65.7 Å². The summed E-state index contributed by atoms with van der Waals surface area (Å²) in [6.07, 6.45) is 17.1. The molecule has 2 aliphatic rings. The Bertz CT molecular complexity index is 2460. The van der Waals surface area contributed by atoms with E-state index in [2.05, 4.69) is 86.3 Å². The maximum absolute atomic E-state index is 14.3. The van der Waals surface area contributed by atoms with E-state index in [0.29, 0.717) is 16.7 Å². The summed E-state index contributed by atoms with van der Waals surface area (Å²) in [6, 6.07) is 33.0. The van der Waals surface area contributed by atoms with Crippen molar-refractivity contribution in [2.75, 3.05) is 0 Å². The number of fused-ring (bicyclic) bond motifs is 3. The van der Waals surface area contributed by atoms with Gasteiger partial charge < -0.3 is 14.4 Å². The van der Waals surface area contributed by atoms with Crippen molar-refractivity contribution in [2.24, 2.45) is 5.92 Å². The molecule has 0 spiro atoms. The number of rotatable bonds is 7. The van der Waals surface area contributed by atoms with E-state index in [-0.39, 0.29) is 25.7 Å². The zero-order valence-corrected chi connectivity index (χ0v) is 36.8. The first-order chi connectivity index (χ1) is 27.1. The van der Waals surface area contributed by atoms with E-state index < -0.39 is 19.7 Å². The van der Waals surface area contributed by atoms with Gasteiger partial charge in [-0.2, -0.15) is 0 Å². The maximum atomic E-state index is 14.3. The van der Waals surface area contributed by atoms with Crippen LogP contribution in [0.3, 0.4) is 0 Å². The molecule has 0 atom stereocenters. The van der Waals surface area contributed by atoms with Crippen LogP contribution in [-0.4, -0.2) is 18.0 Å². The Kier molecular flexibility index (Phi) is 12.7. The molecule has 7 heteroatoms. The smallest absolute Gasteiger partial charge is 0.133 e. The Labute approximate surface area is 350 Å². The second-order valence-corrected chi connectivity index (χ2v) is 22.0. The summed E-state index contributed by atoms with van der Waals surface area (Å²) in [5.74, 6) is 0.312. The van der Waals surface area contributed by atoms with Gasteiger partial charge in [-0.15, -0.1) is 53.6 Å². The third kappa shape index (κ3) is 9.07. The van der Waals surface area contributed by atoms with Crippen LogP contribution in [0.25, 0.3) is 55.6 Å². The SMILES string of the molecule is Cc1cc(-c2[c-]cc(C3CCCCC3)cc2)ncc1[Si](C)(C)C.Fc1cccc(F)c1-c1ccc2c(c1)oc1c(-c3cc(CC4CCCC4)ccn3)[c-]ccc12.[Ir]. The van der Waals surface area contributed by atoms with Crippen LogP contribution in [0.1, 0.15) is 80.4 Å². The van der Waals surface area contributed by atoms with Gasteiger partial charge in [-0.1, -0.05) is 136 Å². The Morgan fingerprint density at radius 3 is 2.23 bits per heavy atom. The van der Waals surface area contributed by atoms with Crippen LogP contribution in [0.5, 0.6) is 0 Å². The number of pyridine rings is 2. The number of nitrogens with zero attached hydrogens (tertiary/aromatic N) is 2. The van der Waals surface area contributed by atoms with Crippen molar-refractivity contribution in [3.8, 4) is 33.6 Å². The molecule has 3 heterocycles. The largest absolute Gasteiger partial charge is 0.501 e. The Hall–Kier alpha value is -4.29. The molecule has 2 saturated carbocycles. The molecule has 0 bridgehead atoms. The molecule has 2 aliphatic carbocycles. The molecule has 57 heavy (non-hydrogen) atoms. The number of benzene rings is 4. The van der Waals surface area contributed by atoms with Crippen molar-refractivity contribution >= 4 is 35.2 Å². The van der Waals surface area contributed by atoms with Crippen molar-refractivity contribution in [1.82, 2.24) is 9.97 Å². The summed E-state index contributed by atoms with van der Waals surface area (Å²) in [5.41, 5.74) is 9.58. The fourth-order valence-electron chi connectivity index (χ4n) is 8.92. The van der Waals surface area contributed by atoms with E-state index in [1.807, 2.05) is 24.4 Å². The first-order valence-corrected chi connectivity index (χ1v) is 23.9. The Balaban J connectivity index is 0.000000183. The summed E-state index contributed by atoms with van der Waals surface area (Å²) in [5, 5.41) is 3.28. The molecule has 7 aromatic rings. The average Bonchev–Trinajstić information content (AvgIpc) is 3.86. The van der Waals surface area contributed by atoms with E-state index in [1.165, 1.54) is 97.9 Å². The summed E-state index contributed by atoms with van der Waals surface area (Å²) in [4.78, 5) is 9.32. The van der Waals surface area contributed by atoms with Crippen molar-refractivity contribution in [1.29, 1.82) is 0 Å². The van der Waals surface area contributed by atoms with Gasteiger partial charge in [0, 0.05) is 37.9 Å². The van der Waals surface area contributed by atoms with Crippen LogP contribution in [-0.2, 0) is 26.5 Å². The molecule has 0 N–H and O–H groups in total. The van der Waals surface area contributed by atoms with E-state index in [1.54, 1.807) is 12.1 Å². The number of aryl methyl sites for hydroxylation is 1. The van der Waals surface area contributed by atoms with Crippen molar-refractivity contribution < 1.29 is 33.3 Å². The molecule has 3 nitrogen and oxygen atoms in total. The topological polar surface area (TPSA) is 38.9 Å². The Morgan fingerprint density at radius 2 is 1.53 bits per heavy atom. The standard InChI is InChI=1S/C29H22F2NO.C21H28NSi.Ir/c30-24-9-4-10-25(31)28(24)20-11-12-21-22-7-3-8-23(29(22)33-27(21)17-20)26-16-19(13-14-32-26)15-18-5-1-2-6-18;1-16-14-20(22-15-21(16)23(2,3)4)19-12-10-18(11-13-19)17-8-6-5-7-9-17;/h3-4,7,9-14,16-18H,1-2,5-6,15H2;10-12,14-15,17H,5-9H2,1-4H3;/q2*-1;. The minimum atomic E-state index is -1.31. The fraction of sp³-hybridized carbons (Fsp3) is 0.320. The summed E-state index contributed by atoms with van der Waals surface area (Å²) in [6.45, 7) is 9.35. The molecule has 0 unspecified atom stereocenters. The molecule has 3 aromatic heterocycles. The van der Waals surface area contributed by atoms with Gasteiger partial charge in [0.15, 0.2) is 0 Å². The molecule has 295 valence electrons. The van der Waals surface area contributed by atoms with Crippen LogP contribution in [0, 0.1) is 36.6 Å². The zero-order chi connectivity index (χ0) is 38.8. The van der Waals surface area contributed by atoms with Crippen molar-refractivity contribution in [3.05, 3.63) is 138 Å². The second kappa shape index (κ2) is 17.7. The molecule has 1 radical (unpaired) electrons. The van der Waals surface area contributed by atoms with E-state index in [9.17, 15) is 8.78 Å². The first-order valence-electron chi connectivity index (χ1n) is 20.4. The van der Waals surface area contributed by atoms with Crippen LogP contribution < -0.4 is 5.19 Å². The van der Waals surface area contributed by atoms with Crippen LogP contribution in [0.2, 0.25) is 19.6 Å². The van der Waals surface area contributed by atoms with Gasteiger partial charge in [-0.25, -0.2) is 8.78 Å². The molecule has 0 amide bonds. The van der Waals surface area contributed by atoms with E-state index in [0.717, 1.165) is 51.5 Å². The zero-order valence-electron chi connectivity index (χ0n) is 33.4. The predicted octanol–water partition coefficient (Wildman–Crippen LogP) is 13.6. The summed E-state index contributed by atoms with van der Waals surface area (Å²) >= 11 is 0. The van der Waals surface area contributed by atoms with Gasteiger partial charge in [-0.3, -0.25) is 0 Å². The number of furan rings is 1. The molecular formula is C50H50F2IrN2OSi-2. The number of halogens is 2. The average molecular weight is 953 g/mol. The summed E-state index contributed by atoms with van der Waals surface area (Å²) in [7, 11) is -1.31.